The first-order valence-electron chi connectivity index (χ1n) is 12.1. The second-order valence-electron chi connectivity index (χ2n) is 9.31. The number of ether oxygens (including phenoxy) is 1. The van der Waals surface area contributed by atoms with Gasteiger partial charge in [-0.15, -0.1) is 0 Å². The van der Waals surface area contributed by atoms with E-state index in [1.54, 1.807) is 37.3 Å². The van der Waals surface area contributed by atoms with Gasteiger partial charge in [-0.2, -0.15) is 0 Å². The highest BCUT2D eigenvalue weighted by molar-refractivity contribution is 6.39. The Kier molecular flexibility index (Phi) is 6.74. The lowest BCUT2D eigenvalue weighted by atomic mass is 10.0. The average molecular weight is 525 g/mol. The molecular weight excluding hydrogens is 500 g/mol. The fourth-order valence-corrected chi connectivity index (χ4v) is 4.85. The van der Waals surface area contributed by atoms with Crippen LogP contribution in [0.2, 0.25) is 5.02 Å². The summed E-state index contributed by atoms with van der Waals surface area (Å²) in [6, 6.07) is 21.9. The Morgan fingerprint density at radius 2 is 1.68 bits per heavy atom. The van der Waals surface area contributed by atoms with Crippen molar-refractivity contribution in [2.24, 2.45) is 0 Å². The van der Waals surface area contributed by atoms with Crippen LogP contribution in [-0.4, -0.2) is 17.8 Å². The second kappa shape index (κ2) is 10.1. The second-order valence-corrected chi connectivity index (χ2v) is 9.72. The van der Waals surface area contributed by atoms with E-state index in [9.17, 15) is 14.4 Å². The maximum atomic E-state index is 13.3. The number of hydrogen-bond acceptors (Lipinski definition) is 4. The zero-order chi connectivity index (χ0) is 27.0. The third-order valence-corrected chi connectivity index (χ3v) is 6.90. The van der Waals surface area contributed by atoms with Gasteiger partial charge < -0.3 is 4.74 Å². The number of hydrogen-bond donors (Lipinski definition) is 1. The minimum atomic E-state index is -0.783. The van der Waals surface area contributed by atoms with E-state index in [0.717, 1.165) is 37.9 Å². The molecule has 1 aliphatic rings. The molecule has 0 bridgehead atoms. The molecule has 1 fully saturated rings. The van der Waals surface area contributed by atoms with Crippen molar-refractivity contribution in [2.75, 3.05) is 4.90 Å². The van der Waals surface area contributed by atoms with Crippen molar-refractivity contribution in [1.82, 2.24) is 5.32 Å². The molecule has 1 aliphatic heterocycles. The quantitative estimate of drug-likeness (QED) is 0.234. The summed E-state index contributed by atoms with van der Waals surface area (Å²) >= 11 is 6.52. The highest BCUT2D eigenvalue weighted by Crippen LogP contribution is 2.31. The van der Waals surface area contributed by atoms with E-state index in [1.807, 2.05) is 32.0 Å². The zero-order valence-electron chi connectivity index (χ0n) is 21.2. The van der Waals surface area contributed by atoms with Crippen molar-refractivity contribution in [2.45, 2.75) is 27.4 Å². The van der Waals surface area contributed by atoms with Crippen LogP contribution >= 0.6 is 11.6 Å². The molecule has 0 saturated carbocycles. The highest BCUT2D eigenvalue weighted by Gasteiger charge is 2.37. The smallest absolute Gasteiger partial charge is 0.335 e. The number of halogens is 1. The monoisotopic (exact) mass is 524 g/mol. The number of barbiturate groups is 1. The Bertz CT molecular complexity index is 1660. The molecule has 4 amide bonds. The van der Waals surface area contributed by atoms with Crippen LogP contribution in [0.25, 0.3) is 16.8 Å². The summed E-state index contributed by atoms with van der Waals surface area (Å²) in [4.78, 5) is 39.4. The molecule has 5 rings (SSSR count). The molecule has 0 atom stereocenters. The van der Waals surface area contributed by atoms with E-state index < -0.39 is 17.8 Å². The minimum Gasteiger partial charge on any atom is -0.487 e. The Morgan fingerprint density at radius 3 is 2.45 bits per heavy atom. The standard InChI is InChI=1S/C31H25ClN2O4/c1-18-8-12-27(20(3)14-18)34-30(36)24(29(35)33-31(34)37)15-21-10-13-28(26(32)16-21)38-17-25-19(2)9-11-22-6-4-5-7-23(22)25/h4-16H,17H2,1-3H3,(H,33,35,37)/b24-15+. The van der Waals surface area contributed by atoms with E-state index in [2.05, 4.69) is 29.6 Å². The van der Waals surface area contributed by atoms with Gasteiger partial charge in [0.25, 0.3) is 11.8 Å². The summed E-state index contributed by atoms with van der Waals surface area (Å²) in [6.07, 6.45) is 1.42. The topological polar surface area (TPSA) is 75.7 Å². The highest BCUT2D eigenvalue weighted by atomic mass is 35.5. The van der Waals surface area contributed by atoms with E-state index in [-0.39, 0.29) is 5.57 Å². The fourth-order valence-electron chi connectivity index (χ4n) is 4.61. The largest absolute Gasteiger partial charge is 0.487 e. The molecule has 7 heteroatoms. The molecule has 1 N–H and O–H groups in total. The predicted molar refractivity (Wildman–Crippen MR) is 149 cm³/mol. The summed E-state index contributed by atoms with van der Waals surface area (Å²) in [5.74, 6) is -0.981. The molecule has 6 nitrogen and oxygen atoms in total. The number of fused-ring (bicyclic) bond motifs is 1. The molecular formula is C31H25ClN2O4. The number of amides is 4. The predicted octanol–water partition coefficient (Wildman–Crippen LogP) is 6.66. The minimum absolute atomic E-state index is 0.166. The molecule has 190 valence electrons. The van der Waals surface area contributed by atoms with Crippen LogP contribution in [0.15, 0.2) is 78.4 Å². The molecule has 38 heavy (non-hydrogen) atoms. The van der Waals surface area contributed by atoms with E-state index >= 15 is 0 Å². The van der Waals surface area contributed by atoms with Crippen molar-refractivity contribution in [1.29, 1.82) is 0 Å². The van der Waals surface area contributed by atoms with Crippen molar-refractivity contribution >= 4 is 52.0 Å². The van der Waals surface area contributed by atoms with Crippen molar-refractivity contribution in [3.63, 3.8) is 0 Å². The van der Waals surface area contributed by atoms with Crippen molar-refractivity contribution in [3.8, 4) is 5.75 Å². The Labute approximate surface area is 225 Å². The number of urea groups is 1. The number of anilines is 1. The number of imide groups is 2. The number of aryl methyl sites for hydroxylation is 3. The van der Waals surface area contributed by atoms with Crippen LogP contribution in [0.3, 0.4) is 0 Å². The number of rotatable bonds is 5. The van der Waals surface area contributed by atoms with Gasteiger partial charge in [-0.3, -0.25) is 14.9 Å². The third kappa shape index (κ3) is 4.78. The van der Waals surface area contributed by atoms with Crippen LogP contribution in [0, 0.1) is 20.8 Å². The lowest BCUT2D eigenvalue weighted by Gasteiger charge is -2.27. The molecule has 0 aromatic heterocycles. The first kappa shape index (κ1) is 25.2. The van der Waals surface area contributed by atoms with Crippen molar-refractivity contribution in [3.05, 3.63) is 111 Å². The molecule has 0 unspecified atom stereocenters. The SMILES string of the molecule is Cc1ccc(N2C(=O)NC(=O)/C(=C\c3ccc(OCc4c(C)ccc5ccccc45)c(Cl)c3)C2=O)c(C)c1. The first-order valence-corrected chi connectivity index (χ1v) is 12.5. The Balaban J connectivity index is 1.40. The summed E-state index contributed by atoms with van der Waals surface area (Å²) in [6.45, 7) is 6.10. The Hall–Kier alpha value is -4.42. The van der Waals surface area contributed by atoms with Crippen LogP contribution in [0.5, 0.6) is 5.75 Å². The molecule has 4 aromatic rings. The van der Waals surface area contributed by atoms with Gasteiger partial charge in [0.2, 0.25) is 0 Å². The number of carbonyl (C=O) groups is 3. The summed E-state index contributed by atoms with van der Waals surface area (Å²) in [5.41, 5.74) is 4.71. The van der Waals surface area contributed by atoms with Crippen molar-refractivity contribution < 1.29 is 19.1 Å². The number of nitrogens with zero attached hydrogens (tertiary/aromatic N) is 1. The molecule has 0 spiro atoms. The van der Waals surface area contributed by atoms with Gasteiger partial charge in [-0.1, -0.05) is 71.8 Å². The normalized spacial score (nSPS) is 14.8. The van der Waals surface area contributed by atoms with E-state index in [1.165, 1.54) is 6.08 Å². The van der Waals surface area contributed by atoms with E-state index in [4.69, 9.17) is 16.3 Å². The average Bonchev–Trinajstić information content (AvgIpc) is 2.88. The molecule has 0 radical (unpaired) electrons. The fraction of sp³-hybridized carbons (Fsp3) is 0.129. The lowest BCUT2D eigenvalue weighted by molar-refractivity contribution is -0.122. The number of carbonyl (C=O) groups excluding carboxylic acids is 3. The van der Waals surface area contributed by atoms with Gasteiger partial charge in [-0.25, -0.2) is 9.69 Å². The number of nitrogens with one attached hydrogen (secondary N) is 1. The number of benzene rings is 4. The molecule has 0 aliphatic carbocycles. The van der Waals surface area contributed by atoms with Crippen LogP contribution in [-0.2, 0) is 16.2 Å². The summed E-state index contributed by atoms with van der Waals surface area (Å²) in [7, 11) is 0. The first-order chi connectivity index (χ1) is 18.2. The zero-order valence-corrected chi connectivity index (χ0v) is 21.9. The van der Waals surface area contributed by atoms with Gasteiger partial charge in [-0.05, 0) is 72.5 Å². The summed E-state index contributed by atoms with van der Waals surface area (Å²) < 4.78 is 6.06. The van der Waals surface area contributed by atoms with Gasteiger partial charge in [0, 0.05) is 5.56 Å². The lowest BCUT2D eigenvalue weighted by Crippen LogP contribution is -2.54. The van der Waals surface area contributed by atoms with Gasteiger partial charge in [0.05, 0.1) is 10.7 Å². The molecule has 1 heterocycles. The van der Waals surface area contributed by atoms with Crippen LogP contribution in [0.4, 0.5) is 10.5 Å². The third-order valence-electron chi connectivity index (χ3n) is 6.61. The van der Waals surface area contributed by atoms with Gasteiger partial charge in [0.15, 0.2) is 0 Å². The molecule has 4 aromatic carbocycles. The van der Waals surface area contributed by atoms with Crippen LogP contribution < -0.4 is 15.0 Å². The van der Waals surface area contributed by atoms with Gasteiger partial charge >= 0.3 is 6.03 Å². The maximum absolute atomic E-state index is 13.3. The van der Waals surface area contributed by atoms with Gasteiger partial charge in [0.1, 0.15) is 17.9 Å². The summed E-state index contributed by atoms with van der Waals surface area (Å²) in [5, 5.41) is 4.85. The van der Waals surface area contributed by atoms with E-state index in [0.29, 0.717) is 28.6 Å². The maximum Gasteiger partial charge on any atom is 0.335 e. The van der Waals surface area contributed by atoms with Crippen LogP contribution in [0.1, 0.15) is 27.8 Å². The molecule has 1 saturated heterocycles. The Morgan fingerprint density at radius 1 is 0.895 bits per heavy atom.